The summed E-state index contributed by atoms with van der Waals surface area (Å²) in [5, 5.41) is 7.46. The second kappa shape index (κ2) is 3.59. The molecule has 0 saturated heterocycles. The van der Waals surface area contributed by atoms with E-state index in [1.807, 2.05) is 20.8 Å². The van der Waals surface area contributed by atoms with Gasteiger partial charge < -0.3 is 10.1 Å². The van der Waals surface area contributed by atoms with Gasteiger partial charge in [-0.15, -0.1) is 0 Å². The predicted molar refractivity (Wildman–Crippen MR) is 58.9 cm³/mol. The average Bonchev–Trinajstić information content (AvgIpc) is 2.58. The molecule has 0 fully saturated rings. The van der Waals surface area contributed by atoms with E-state index in [0.29, 0.717) is 12.2 Å². The zero-order valence-corrected chi connectivity index (χ0v) is 10.1. The molecule has 1 N–H and O–H groups in total. The van der Waals surface area contributed by atoms with Crippen LogP contribution in [0.5, 0.6) is 0 Å². The summed E-state index contributed by atoms with van der Waals surface area (Å²) < 4.78 is 6.97. The summed E-state index contributed by atoms with van der Waals surface area (Å²) in [5.41, 5.74) is 2.01. The van der Waals surface area contributed by atoms with E-state index in [-0.39, 0.29) is 5.97 Å². The summed E-state index contributed by atoms with van der Waals surface area (Å²) in [7, 11) is 1.78. The summed E-state index contributed by atoms with van der Waals surface area (Å²) in [6.45, 7) is 7.00. The third-order valence-corrected chi connectivity index (χ3v) is 2.41. The van der Waals surface area contributed by atoms with Gasteiger partial charge in [0.25, 0.3) is 0 Å². The van der Waals surface area contributed by atoms with Crippen molar-refractivity contribution < 1.29 is 9.53 Å². The van der Waals surface area contributed by atoms with Gasteiger partial charge in [0.2, 0.25) is 0 Å². The lowest BCUT2D eigenvalue weighted by molar-refractivity contribution is 0.00563. The number of nitrogens with one attached hydrogen (secondary N) is 1. The number of carbonyl (C=O) groups is 1. The van der Waals surface area contributed by atoms with Crippen LogP contribution >= 0.6 is 0 Å². The lowest BCUT2D eigenvalue weighted by atomic mass is 10.2. The standard InChI is InChI=1S/C11H17N3O2/c1-11(2,3)16-10(15)9-7-5-12-6-8(7)13-14(9)4/h12H,5-6H2,1-4H3. The van der Waals surface area contributed by atoms with E-state index in [2.05, 4.69) is 10.4 Å². The molecule has 1 aliphatic heterocycles. The molecule has 0 aromatic carbocycles. The molecule has 0 spiro atoms. The Hall–Kier alpha value is -1.36. The van der Waals surface area contributed by atoms with Crippen LogP contribution in [0.1, 0.15) is 42.5 Å². The highest BCUT2D eigenvalue weighted by molar-refractivity contribution is 5.90. The van der Waals surface area contributed by atoms with E-state index in [0.717, 1.165) is 17.8 Å². The molecule has 0 unspecified atom stereocenters. The van der Waals surface area contributed by atoms with Crippen molar-refractivity contribution in [3.8, 4) is 0 Å². The maximum atomic E-state index is 12.0. The molecule has 88 valence electrons. The van der Waals surface area contributed by atoms with Crippen LogP contribution in [0.15, 0.2) is 0 Å². The van der Waals surface area contributed by atoms with Crippen molar-refractivity contribution in [1.29, 1.82) is 0 Å². The normalized spacial score (nSPS) is 15.0. The molecule has 1 aromatic rings. The zero-order chi connectivity index (χ0) is 11.9. The van der Waals surface area contributed by atoms with Crippen molar-refractivity contribution in [3.05, 3.63) is 17.0 Å². The van der Waals surface area contributed by atoms with Gasteiger partial charge in [0.05, 0.1) is 5.69 Å². The Morgan fingerprint density at radius 3 is 2.75 bits per heavy atom. The van der Waals surface area contributed by atoms with Gasteiger partial charge in [-0.25, -0.2) is 4.79 Å². The average molecular weight is 223 g/mol. The SMILES string of the molecule is Cn1nc2c(c1C(=O)OC(C)(C)C)CNC2. The van der Waals surface area contributed by atoms with E-state index in [1.54, 1.807) is 11.7 Å². The van der Waals surface area contributed by atoms with Crippen LogP contribution in [-0.2, 0) is 24.9 Å². The van der Waals surface area contributed by atoms with E-state index < -0.39 is 5.60 Å². The lowest BCUT2D eigenvalue weighted by Crippen LogP contribution is -2.26. The summed E-state index contributed by atoms with van der Waals surface area (Å²) in [4.78, 5) is 12.0. The summed E-state index contributed by atoms with van der Waals surface area (Å²) in [5.74, 6) is -0.299. The van der Waals surface area contributed by atoms with Gasteiger partial charge in [-0.05, 0) is 20.8 Å². The minimum absolute atomic E-state index is 0.299. The smallest absolute Gasteiger partial charge is 0.357 e. The third kappa shape index (κ3) is 1.95. The minimum Gasteiger partial charge on any atom is -0.455 e. The Morgan fingerprint density at radius 1 is 1.44 bits per heavy atom. The fourth-order valence-electron chi connectivity index (χ4n) is 1.84. The maximum Gasteiger partial charge on any atom is 0.357 e. The molecule has 2 rings (SSSR count). The number of hydrogen-bond donors (Lipinski definition) is 1. The van der Waals surface area contributed by atoms with Gasteiger partial charge in [0.1, 0.15) is 5.60 Å². The van der Waals surface area contributed by atoms with E-state index >= 15 is 0 Å². The molecule has 1 aromatic heterocycles. The largest absolute Gasteiger partial charge is 0.455 e. The van der Waals surface area contributed by atoms with Crippen molar-refractivity contribution in [2.75, 3.05) is 0 Å². The fourth-order valence-corrected chi connectivity index (χ4v) is 1.84. The number of ether oxygens (including phenoxy) is 1. The number of carbonyl (C=O) groups excluding carboxylic acids is 1. The van der Waals surface area contributed by atoms with Crippen molar-refractivity contribution in [1.82, 2.24) is 15.1 Å². The monoisotopic (exact) mass is 223 g/mol. The molecule has 0 atom stereocenters. The predicted octanol–water partition coefficient (Wildman–Crippen LogP) is 0.979. The Morgan fingerprint density at radius 2 is 2.12 bits per heavy atom. The fraction of sp³-hybridized carbons (Fsp3) is 0.636. The first-order valence-corrected chi connectivity index (χ1v) is 5.37. The molecular weight excluding hydrogens is 206 g/mol. The number of nitrogens with zero attached hydrogens (tertiary/aromatic N) is 2. The quantitative estimate of drug-likeness (QED) is 0.721. The van der Waals surface area contributed by atoms with Crippen molar-refractivity contribution >= 4 is 5.97 Å². The first kappa shape index (κ1) is 11.1. The maximum absolute atomic E-state index is 12.0. The molecule has 1 aliphatic rings. The number of aryl methyl sites for hydroxylation is 1. The van der Waals surface area contributed by atoms with E-state index in [4.69, 9.17) is 4.74 Å². The van der Waals surface area contributed by atoms with Gasteiger partial charge in [-0.1, -0.05) is 0 Å². The van der Waals surface area contributed by atoms with Crippen LogP contribution in [0.4, 0.5) is 0 Å². The van der Waals surface area contributed by atoms with Crippen LogP contribution < -0.4 is 5.32 Å². The Bertz CT molecular complexity index is 429. The second-order valence-electron chi connectivity index (χ2n) is 5.00. The highest BCUT2D eigenvalue weighted by Gasteiger charge is 2.28. The van der Waals surface area contributed by atoms with Gasteiger partial charge >= 0.3 is 5.97 Å². The number of esters is 1. The minimum atomic E-state index is -0.472. The van der Waals surface area contributed by atoms with Gasteiger partial charge in [-0.3, -0.25) is 4.68 Å². The van der Waals surface area contributed by atoms with Crippen molar-refractivity contribution in [3.63, 3.8) is 0 Å². The van der Waals surface area contributed by atoms with Crippen LogP contribution in [0.3, 0.4) is 0 Å². The molecule has 16 heavy (non-hydrogen) atoms. The molecule has 0 radical (unpaired) electrons. The first-order valence-electron chi connectivity index (χ1n) is 5.37. The zero-order valence-electron chi connectivity index (χ0n) is 10.1. The Labute approximate surface area is 94.8 Å². The second-order valence-corrected chi connectivity index (χ2v) is 5.00. The van der Waals surface area contributed by atoms with E-state index in [9.17, 15) is 4.79 Å². The molecule has 5 heteroatoms. The number of rotatable bonds is 1. The first-order chi connectivity index (χ1) is 7.38. The molecule has 0 amide bonds. The lowest BCUT2D eigenvalue weighted by Gasteiger charge is -2.19. The number of hydrogen-bond acceptors (Lipinski definition) is 4. The molecule has 2 heterocycles. The molecule has 0 saturated carbocycles. The van der Waals surface area contributed by atoms with Crippen LogP contribution in [0.25, 0.3) is 0 Å². The topological polar surface area (TPSA) is 56.2 Å². The summed E-state index contributed by atoms with van der Waals surface area (Å²) >= 11 is 0. The number of aromatic nitrogens is 2. The van der Waals surface area contributed by atoms with Crippen molar-refractivity contribution in [2.24, 2.45) is 7.05 Å². The Kier molecular flexibility index (Phi) is 2.50. The summed E-state index contributed by atoms with van der Waals surface area (Å²) in [6.07, 6.45) is 0. The molecule has 5 nitrogen and oxygen atoms in total. The van der Waals surface area contributed by atoms with Gasteiger partial charge in [-0.2, -0.15) is 5.10 Å². The van der Waals surface area contributed by atoms with Crippen molar-refractivity contribution in [2.45, 2.75) is 39.5 Å². The number of fused-ring (bicyclic) bond motifs is 1. The molecule has 0 bridgehead atoms. The van der Waals surface area contributed by atoms with Crippen LogP contribution in [-0.4, -0.2) is 21.4 Å². The van der Waals surface area contributed by atoms with Crippen LogP contribution in [0, 0.1) is 0 Å². The Balaban J connectivity index is 2.30. The van der Waals surface area contributed by atoms with E-state index in [1.165, 1.54) is 0 Å². The summed E-state index contributed by atoms with van der Waals surface area (Å²) in [6, 6.07) is 0. The highest BCUT2D eigenvalue weighted by atomic mass is 16.6. The van der Waals surface area contributed by atoms with Gasteiger partial charge in [0.15, 0.2) is 5.69 Å². The third-order valence-electron chi connectivity index (χ3n) is 2.41. The highest BCUT2D eigenvalue weighted by Crippen LogP contribution is 2.21. The molecule has 0 aliphatic carbocycles. The molecular formula is C11H17N3O2. The van der Waals surface area contributed by atoms with Gasteiger partial charge in [0, 0.05) is 25.7 Å². The van der Waals surface area contributed by atoms with Crippen LogP contribution in [0.2, 0.25) is 0 Å².